The summed E-state index contributed by atoms with van der Waals surface area (Å²) in [7, 11) is 0. The minimum atomic E-state index is -0.214. The van der Waals surface area contributed by atoms with Gasteiger partial charge in [0.05, 0.1) is 10.8 Å². The molecule has 0 aliphatic carbocycles. The summed E-state index contributed by atoms with van der Waals surface area (Å²) in [6.07, 6.45) is 1.64. The van der Waals surface area contributed by atoms with Crippen molar-refractivity contribution in [3.63, 3.8) is 0 Å². The molecule has 0 saturated carbocycles. The van der Waals surface area contributed by atoms with Gasteiger partial charge < -0.3 is 10.3 Å². The molecule has 100 valence electrons. The number of nitrogens with zero attached hydrogens (tertiary/aromatic N) is 2. The Labute approximate surface area is 113 Å². The number of amides is 1. The number of aromatic nitrogens is 3. The van der Waals surface area contributed by atoms with E-state index in [2.05, 4.69) is 20.3 Å². The number of hydrogen-bond acceptors (Lipinski definition) is 4. The lowest BCUT2D eigenvalue weighted by molar-refractivity contribution is -0.114. The second-order valence-corrected chi connectivity index (χ2v) is 4.58. The van der Waals surface area contributed by atoms with Crippen LogP contribution in [0.2, 0.25) is 0 Å². The van der Waals surface area contributed by atoms with E-state index in [0.717, 1.165) is 5.56 Å². The summed E-state index contributed by atoms with van der Waals surface area (Å²) in [5, 5.41) is 3.62. The van der Waals surface area contributed by atoms with Crippen LogP contribution in [0, 0.1) is 6.92 Å². The van der Waals surface area contributed by atoms with Crippen molar-refractivity contribution in [3.05, 3.63) is 40.2 Å². The average Bonchev–Trinajstić information content (AvgIpc) is 2.37. The summed E-state index contributed by atoms with van der Waals surface area (Å²) in [6.45, 7) is 3.27. The number of H-pyrrole nitrogens is 1. The van der Waals surface area contributed by atoms with Gasteiger partial charge in [-0.1, -0.05) is 0 Å². The maximum Gasteiger partial charge on any atom is 0.222 e. The van der Waals surface area contributed by atoms with Crippen molar-refractivity contribution in [2.45, 2.75) is 13.8 Å². The van der Waals surface area contributed by atoms with Gasteiger partial charge in [-0.15, -0.1) is 0 Å². The number of anilines is 1. The van der Waals surface area contributed by atoms with Gasteiger partial charge >= 0.3 is 0 Å². The molecule has 3 heterocycles. The van der Waals surface area contributed by atoms with Crippen LogP contribution >= 0.6 is 0 Å². The molecule has 0 spiro atoms. The summed E-state index contributed by atoms with van der Waals surface area (Å²) in [4.78, 5) is 34.9. The Kier molecular flexibility index (Phi) is 2.71. The zero-order valence-electron chi connectivity index (χ0n) is 11.0. The Morgan fingerprint density at radius 3 is 2.80 bits per heavy atom. The lowest BCUT2D eigenvalue weighted by Crippen LogP contribution is -2.11. The first-order valence-electron chi connectivity index (χ1n) is 6.12. The highest BCUT2D eigenvalue weighted by Gasteiger charge is 2.10. The SMILES string of the molecule is CC(=O)Nc1ccc2c(=O)c3c(C)ccnc3[nH]c2n1. The molecule has 6 heteroatoms. The molecule has 0 bridgehead atoms. The van der Waals surface area contributed by atoms with Crippen molar-refractivity contribution in [2.75, 3.05) is 5.32 Å². The summed E-state index contributed by atoms with van der Waals surface area (Å²) >= 11 is 0. The van der Waals surface area contributed by atoms with E-state index in [1.165, 1.54) is 6.92 Å². The molecule has 1 amide bonds. The molecule has 0 aliphatic heterocycles. The molecule has 0 unspecified atom stereocenters. The molecule has 3 aromatic heterocycles. The van der Waals surface area contributed by atoms with Crippen molar-refractivity contribution in [1.82, 2.24) is 15.0 Å². The second-order valence-electron chi connectivity index (χ2n) is 4.58. The standard InChI is InChI=1S/C14H12N4O2/c1-7-5-6-15-14-11(7)12(20)9-3-4-10(16-8(2)19)17-13(9)18-14/h3-6H,1-2H3,(H2,15,16,17,18,19,20). The maximum atomic E-state index is 12.5. The molecule has 0 aromatic carbocycles. The van der Waals surface area contributed by atoms with Crippen molar-refractivity contribution in [3.8, 4) is 0 Å². The molecule has 3 rings (SSSR count). The van der Waals surface area contributed by atoms with Crippen molar-refractivity contribution in [2.24, 2.45) is 0 Å². The predicted molar refractivity (Wildman–Crippen MR) is 76.7 cm³/mol. The number of carbonyl (C=O) groups is 1. The summed E-state index contributed by atoms with van der Waals surface area (Å²) < 4.78 is 0. The van der Waals surface area contributed by atoms with Gasteiger partial charge in [-0.05, 0) is 30.7 Å². The van der Waals surface area contributed by atoms with Crippen molar-refractivity contribution >= 4 is 33.8 Å². The van der Waals surface area contributed by atoms with Gasteiger partial charge in [0, 0.05) is 13.1 Å². The minimum Gasteiger partial charge on any atom is -0.324 e. The van der Waals surface area contributed by atoms with Gasteiger partial charge in [-0.3, -0.25) is 9.59 Å². The fourth-order valence-corrected chi connectivity index (χ4v) is 2.17. The van der Waals surface area contributed by atoms with E-state index in [9.17, 15) is 9.59 Å². The number of hydrogen-bond donors (Lipinski definition) is 2. The van der Waals surface area contributed by atoms with E-state index in [-0.39, 0.29) is 11.3 Å². The average molecular weight is 268 g/mol. The van der Waals surface area contributed by atoms with Crippen LogP contribution in [0.15, 0.2) is 29.2 Å². The molecule has 2 N–H and O–H groups in total. The lowest BCUT2D eigenvalue weighted by Gasteiger charge is -2.05. The zero-order valence-corrected chi connectivity index (χ0v) is 11.0. The molecule has 3 aromatic rings. The van der Waals surface area contributed by atoms with E-state index < -0.39 is 0 Å². The fraction of sp³-hybridized carbons (Fsp3) is 0.143. The van der Waals surface area contributed by atoms with Crippen LogP contribution in [0.5, 0.6) is 0 Å². The number of aromatic amines is 1. The molecular weight excluding hydrogens is 256 g/mol. The number of carbonyl (C=O) groups excluding carboxylic acids is 1. The third kappa shape index (κ3) is 1.91. The topological polar surface area (TPSA) is 87.7 Å². The third-order valence-corrected chi connectivity index (χ3v) is 3.07. The largest absolute Gasteiger partial charge is 0.324 e. The Morgan fingerprint density at radius 2 is 2.05 bits per heavy atom. The molecule has 0 aliphatic rings. The summed E-state index contributed by atoms with van der Waals surface area (Å²) in [5.41, 5.74) is 1.66. The summed E-state index contributed by atoms with van der Waals surface area (Å²) in [5.74, 6) is 0.182. The van der Waals surface area contributed by atoms with E-state index in [1.54, 1.807) is 24.4 Å². The van der Waals surface area contributed by atoms with Gasteiger partial charge in [0.1, 0.15) is 17.1 Å². The lowest BCUT2D eigenvalue weighted by atomic mass is 10.1. The van der Waals surface area contributed by atoms with E-state index in [0.29, 0.717) is 27.9 Å². The molecule has 0 saturated heterocycles. The highest BCUT2D eigenvalue weighted by molar-refractivity contribution is 5.93. The van der Waals surface area contributed by atoms with Crippen LogP contribution in [0.4, 0.5) is 5.82 Å². The maximum absolute atomic E-state index is 12.5. The van der Waals surface area contributed by atoms with Gasteiger partial charge in [0.25, 0.3) is 0 Å². The van der Waals surface area contributed by atoms with E-state index in [1.807, 2.05) is 6.92 Å². The quantitative estimate of drug-likeness (QED) is 0.658. The number of fused-ring (bicyclic) bond motifs is 2. The third-order valence-electron chi connectivity index (χ3n) is 3.07. The number of nitrogens with one attached hydrogen (secondary N) is 2. The van der Waals surface area contributed by atoms with Crippen LogP contribution in [-0.4, -0.2) is 20.9 Å². The van der Waals surface area contributed by atoms with Gasteiger partial charge in [0.15, 0.2) is 0 Å². The fourth-order valence-electron chi connectivity index (χ4n) is 2.17. The number of rotatable bonds is 1. The predicted octanol–water partition coefficient (Wildman–Crippen LogP) is 1.74. The zero-order chi connectivity index (χ0) is 14.3. The Morgan fingerprint density at radius 1 is 1.25 bits per heavy atom. The minimum absolute atomic E-state index is 0.110. The molecule has 6 nitrogen and oxygen atoms in total. The second kappa shape index (κ2) is 4.41. The van der Waals surface area contributed by atoms with Crippen LogP contribution in [-0.2, 0) is 4.79 Å². The highest BCUT2D eigenvalue weighted by atomic mass is 16.1. The Hall–Kier alpha value is -2.76. The first kappa shape index (κ1) is 12.3. The molecule has 0 atom stereocenters. The summed E-state index contributed by atoms with van der Waals surface area (Å²) in [6, 6.07) is 5.05. The highest BCUT2D eigenvalue weighted by Crippen LogP contribution is 2.16. The Bertz CT molecular complexity index is 899. The van der Waals surface area contributed by atoms with Crippen LogP contribution in [0.3, 0.4) is 0 Å². The van der Waals surface area contributed by atoms with Crippen LogP contribution < -0.4 is 10.7 Å². The van der Waals surface area contributed by atoms with Crippen molar-refractivity contribution < 1.29 is 4.79 Å². The monoisotopic (exact) mass is 268 g/mol. The van der Waals surface area contributed by atoms with Gasteiger partial charge in [0.2, 0.25) is 11.3 Å². The number of aryl methyl sites for hydroxylation is 1. The smallest absolute Gasteiger partial charge is 0.222 e. The van der Waals surface area contributed by atoms with Gasteiger partial charge in [-0.2, -0.15) is 0 Å². The van der Waals surface area contributed by atoms with Crippen molar-refractivity contribution in [1.29, 1.82) is 0 Å². The molecular formula is C14H12N4O2. The Balaban J connectivity index is 2.35. The van der Waals surface area contributed by atoms with Gasteiger partial charge in [-0.25, -0.2) is 9.97 Å². The molecule has 0 fully saturated rings. The van der Waals surface area contributed by atoms with Crippen LogP contribution in [0.25, 0.3) is 22.1 Å². The van der Waals surface area contributed by atoms with E-state index >= 15 is 0 Å². The normalized spacial score (nSPS) is 10.9. The van der Waals surface area contributed by atoms with E-state index in [4.69, 9.17) is 0 Å². The molecule has 0 radical (unpaired) electrons. The first-order chi connectivity index (χ1) is 9.56. The number of pyridine rings is 3. The molecule has 20 heavy (non-hydrogen) atoms. The van der Waals surface area contributed by atoms with Crippen LogP contribution in [0.1, 0.15) is 12.5 Å². The first-order valence-corrected chi connectivity index (χ1v) is 6.12.